The average Bonchev–Trinajstić information content (AvgIpc) is 2.74. The van der Waals surface area contributed by atoms with E-state index in [1.54, 1.807) is 24.4 Å². The Labute approximate surface area is 169 Å². The molecule has 6 nitrogen and oxygen atoms in total. The molecule has 1 aromatic heterocycles. The lowest BCUT2D eigenvalue weighted by Crippen LogP contribution is -2.23. The van der Waals surface area contributed by atoms with Crippen molar-refractivity contribution in [1.82, 2.24) is 9.97 Å². The highest BCUT2D eigenvalue weighted by Gasteiger charge is 2.12. The van der Waals surface area contributed by atoms with Crippen LogP contribution < -0.4 is 10.2 Å². The van der Waals surface area contributed by atoms with Crippen molar-refractivity contribution in [3.63, 3.8) is 0 Å². The molecule has 0 saturated heterocycles. The van der Waals surface area contributed by atoms with Crippen LogP contribution in [-0.4, -0.2) is 29.6 Å². The Balaban J connectivity index is 1.82. The molecule has 0 saturated carbocycles. The zero-order valence-corrected chi connectivity index (χ0v) is 16.5. The first-order valence-electron chi connectivity index (χ1n) is 8.87. The Morgan fingerprint density at radius 2 is 1.96 bits per heavy atom. The van der Waals surface area contributed by atoms with Crippen molar-refractivity contribution >= 4 is 35.0 Å². The van der Waals surface area contributed by atoms with Crippen molar-refractivity contribution in [2.45, 2.75) is 13.5 Å². The topological polar surface area (TPSA) is 67.4 Å². The first-order chi connectivity index (χ1) is 13.6. The van der Waals surface area contributed by atoms with Crippen molar-refractivity contribution in [3.8, 4) is 0 Å². The molecule has 0 bridgehead atoms. The second-order valence-electron chi connectivity index (χ2n) is 6.05. The number of halogens is 1. The van der Waals surface area contributed by atoms with Crippen LogP contribution in [0.1, 0.15) is 22.8 Å². The molecule has 3 rings (SSSR count). The van der Waals surface area contributed by atoms with Gasteiger partial charge in [-0.15, -0.1) is 0 Å². The number of esters is 1. The number of nitrogens with zero attached hydrogens (tertiary/aromatic N) is 3. The van der Waals surface area contributed by atoms with Crippen molar-refractivity contribution in [1.29, 1.82) is 0 Å². The van der Waals surface area contributed by atoms with Crippen LogP contribution in [0.3, 0.4) is 0 Å². The average molecular weight is 397 g/mol. The molecule has 28 heavy (non-hydrogen) atoms. The summed E-state index contributed by atoms with van der Waals surface area (Å²) < 4.78 is 4.76. The molecule has 144 valence electrons. The van der Waals surface area contributed by atoms with Crippen LogP contribution >= 0.6 is 11.6 Å². The smallest absolute Gasteiger partial charge is 0.337 e. The molecule has 1 heterocycles. The first kappa shape index (κ1) is 19.6. The number of nitrogens with one attached hydrogen (secondary N) is 1. The fourth-order valence-corrected chi connectivity index (χ4v) is 2.90. The van der Waals surface area contributed by atoms with E-state index in [1.165, 1.54) is 12.7 Å². The van der Waals surface area contributed by atoms with Crippen molar-refractivity contribution in [3.05, 3.63) is 76.9 Å². The van der Waals surface area contributed by atoms with Crippen molar-refractivity contribution in [2.75, 3.05) is 23.9 Å². The van der Waals surface area contributed by atoms with E-state index in [2.05, 4.69) is 39.2 Å². The van der Waals surface area contributed by atoms with E-state index in [0.717, 1.165) is 18.9 Å². The Bertz CT molecular complexity index is 950. The van der Waals surface area contributed by atoms with Crippen LogP contribution in [0.15, 0.2) is 60.8 Å². The number of hydrogen-bond acceptors (Lipinski definition) is 6. The van der Waals surface area contributed by atoms with Crippen LogP contribution in [0.2, 0.25) is 5.02 Å². The van der Waals surface area contributed by atoms with Crippen molar-refractivity contribution < 1.29 is 9.53 Å². The fraction of sp³-hybridized carbons (Fsp3) is 0.190. The summed E-state index contributed by atoms with van der Waals surface area (Å²) in [7, 11) is 1.34. The highest BCUT2D eigenvalue weighted by molar-refractivity contribution is 6.33. The number of aromatic nitrogens is 2. The number of carbonyl (C=O) groups is 1. The van der Waals surface area contributed by atoms with E-state index < -0.39 is 5.97 Å². The third kappa shape index (κ3) is 4.78. The molecule has 0 spiro atoms. The molecular weight excluding hydrogens is 376 g/mol. The van der Waals surface area contributed by atoms with Gasteiger partial charge in [0, 0.05) is 19.3 Å². The molecule has 0 unspecified atom stereocenters. The molecular formula is C21H21ClN4O2. The van der Waals surface area contributed by atoms with Gasteiger partial charge in [-0.3, -0.25) is 0 Å². The minimum Gasteiger partial charge on any atom is -0.465 e. The molecule has 7 heteroatoms. The lowest BCUT2D eigenvalue weighted by molar-refractivity contribution is 0.0601. The maximum atomic E-state index is 11.8. The number of ether oxygens (including phenoxy) is 1. The molecule has 2 aromatic carbocycles. The quantitative estimate of drug-likeness (QED) is 0.584. The summed E-state index contributed by atoms with van der Waals surface area (Å²) >= 11 is 6.25. The Hall–Kier alpha value is -3.12. The third-order valence-electron chi connectivity index (χ3n) is 4.20. The molecule has 0 atom stereocenters. The zero-order chi connectivity index (χ0) is 19.9. The molecule has 0 radical (unpaired) electrons. The predicted molar refractivity (Wildman–Crippen MR) is 111 cm³/mol. The summed E-state index contributed by atoms with van der Waals surface area (Å²) in [6, 6.07) is 16.9. The number of benzene rings is 2. The van der Waals surface area contributed by atoms with Gasteiger partial charge in [-0.2, -0.15) is 4.98 Å². The molecule has 3 aromatic rings. The van der Waals surface area contributed by atoms with Gasteiger partial charge in [-0.25, -0.2) is 9.78 Å². The number of anilines is 3. The molecule has 0 fully saturated rings. The summed E-state index contributed by atoms with van der Waals surface area (Å²) in [5.41, 5.74) is 2.13. The number of rotatable bonds is 7. The van der Waals surface area contributed by atoms with Crippen LogP contribution in [0.4, 0.5) is 17.5 Å². The van der Waals surface area contributed by atoms with Crippen molar-refractivity contribution in [2.24, 2.45) is 0 Å². The minimum atomic E-state index is -0.436. The lowest BCUT2D eigenvalue weighted by Gasteiger charge is -2.22. The zero-order valence-electron chi connectivity index (χ0n) is 15.7. The summed E-state index contributed by atoms with van der Waals surface area (Å²) in [6.07, 6.45) is 1.69. The number of methoxy groups -OCH3 is 1. The summed E-state index contributed by atoms with van der Waals surface area (Å²) in [6.45, 7) is 3.62. The Kier molecular flexibility index (Phi) is 6.45. The van der Waals surface area contributed by atoms with E-state index >= 15 is 0 Å². The first-order valence-corrected chi connectivity index (χ1v) is 9.25. The van der Waals surface area contributed by atoms with Gasteiger partial charge in [0.2, 0.25) is 5.95 Å². The lowest BCUT2D eigenvalue weighted by atomic mass is 10.2. The minimum absolute atomic E-state index is 0.393. The highest BCUT2D eigenvalue weighted by Crippen LogP contribution is 2.26. The maximum absolute atomic E-state index is 11.8. The SMILES string of the molecule is CCN(Cc1ccccc1)c1ccnc(Nc2cc(C(=O)OC)ccc2Cl)n1. The number of hydrogen-bond donors (Lipinski definition) is 1. The van der Waals surface area contributed by atoms with Gasteiger partial charge >= 0.3 is 5.97 Å². The highest BCUT2D eigenvalue weighted by atomic mass is 35.5. The molecule has 0 aliphatic rings. The second-order valence-corrected chi connectivity index (χ2v) is 6.46. The van der Waals surface area contributed by atoms with E-state index in [1.807, 2.05) is 24.3 Å². The monoisotopic (exact) mass is 396 g/mol. The van der Waals surface area contributed by atoms with E-state index in [4.69, 9.17) is 16.3 Å². The molecule has 1 N–H and O–H groups in total. The van der Waals surface area contributed by atoms with Gasteiger partial charge in [-0.05, 0) is 36.8 Å². The summed E-state index contributed by atoms with van der Waals surface area (Å²) in [5.74, 6) is 0.756. The Morgan fingerprint density at radius 1 is 1.18 bits per heavy atom. The molecule has 0 aliphatic carbocycles. The van der Waals surface area contributed by atoms with Gasteiger partial charge < -0.3 is 15.0 Å². The fourth-order valence-electron chi connectivity index (χ4n) is 2.73. The second kappa shape index (κ2) is 9.19. The van der Waals surface area contributed by atoms with Gasteiger partial charge in [0.25, 0.3) is 0 Å². The van der Waals surface area contributed by atoms with E-state index in [-0.39, 0.29) is 0 Å². The van der Waals surface area contributed by atoms with Gasteiger partial charge in [0.05, 0.1) is 23.4 Å². The van der Waals surface area contributed by atoms with E-state index in [0.29, 0.717) is 22.2 Å². The predicted octanol–water partition coefficient (Wildman–Crippen LogP) is 4.69. The third-order valence-corrected chi connectivity index (χ3v) is 4.53. The summed E-state index contributed by atoms with van der Waals surface area (Å²) in [5, 5.41) is 3.54. The maximum Gasteiger partial charge on any atom is 0.337 e. The van der Waals surface area contributed by atoms with Crippen LogP contribution in [0, 0.1) is 0 Å². The van der Waals surface area contributed by atoms with Crippen LogP contribution in [-0.2, 0) is 11.3 Å². The molecule has 0 amide bonds. The van der Waals surface area contributed by atoms with Gasteiger partial charge in [-0.1, -0.05) is 41.9 Å². The standard InChI is InChI=1S/C21H21ClN4O2/c1-3-26(14-15-7-5-4-6-8-15)19-11-12-23-21(25-19)24-18-13-16(20(27)28-2)9-10-17(18)22/h4-13H,3,14H2,1-2H3,(H,23,24,25). The Morgan fingerprint density at radius 3 is 2.68 bits per heavy atom. The molecule has 0 aliphatic heterocycles. The van der Waals surface area contributed by atoms with Crippen LogP contribution in [0.25, 0.3) is 0 Å². The van der Waals surface area contributed by atoms with Gasteiger partial charge in [0.15, 0.2) is 0 Å². The number of carbonyl (C=O) groups excluding carboxylic acids is 1. The summed E-state index contributed by atoms with van der Waals surface area (Å²) in [4.78, 5) is 22.8. The normalized spacial score (nSPS) is 10.4. The van der Waals surface area contributed by atoms with Gasteiger partial charge in [0.1, 0.15) is 5.82 Å². The van der Waals surface area contributed by atoms with Crippen LogP contribution in [0.5, 0.6) is 0 Å². The largest absolute Gasteiger partial charge is 0.465 e. The van der Waals surface area contributed by atoms with E-state index in [9.17, 15) is 4.79 Å².